The highest BCUT2D eigenvalue weighted by atomic mass is 32.2. The monoisotopic (exact) mass is 385 g/mol. The van der Waals surface area contributed by atoms with Crippen molar-refractivity contribution in [1.29, 1.82) is 0 Å². The fourth-order valence-electron chi connectivity index (χ4n) is 2.67. The first-order valence-electron chi connectivity index (χ1n) is 8.63. The SMILES string of the molecule is COc1cc(C)c(S(=O)(=O)NCCN(CCCN(C)C)C(C)=O)cc1C. The van der Waals surface area contributed by atoms with Crippen LogP contribution in [0.25, 0.3) is 0 Å². The first kappa shape index (κ1) is 22.4. The van der Waals surface area contributed by atoms with Crippen LogP contribution in [0.2, 0.25) is 0 Å². The molecule has 0 aliphatic rings. The second-order valence-electron chi connectivity index (χ2n) is 6.65. The van der Waals surface area contributed by atoms with Crippen LogP contribution in [0.4, 0.5) is 0 Å². The van der Waals surface area contributed by atoms with Crippen molar-refractivity contribution in [3.05, 3.63) is 23.3 Å². The minimum Gasteiger partial charge on any atom is -0.496 e. The van der Waals surface area contributed by atoms with E-state index in [-0.39, 0.29) is 17.3 Å². The third-order valence-electron chi connectivity index (χ3n) is 4.13. The van der Waals surface area contributed by atoms with Gasteiger partial charge in [-0.05, 0) is 64.2 Å². The summed E-state index contributed by atoms with van der Waals surface area (Å²) in [5.74, 6) is 0.601. The minimum absolute atomic E-state index is 0.0561. The van der Waals surface area contributed by atoms with Gasteiger partial charge < -0.3 is 14.5 Å². The lowest BCUT2D eigenvalue weighted by molar-refractivity contribution is -0.128. The number of nitrogens with zero attached hydrogens (tertiary/aromatic N) is 2. The lowest BCUT2D eigenvalue weighted by atomic mass is 10.1. The zero-order valence-corrected chi connectivity index (χ0v) is 17.4. The summed E-state index contributed by atoms with van der Waals surface area (Å²) in [5, 5.41) is 0. The normalized spacial score (nSPS) is 11.7. The standard InChI is InChI=1S/C18H31N3O4S/c1-14-13-18(15(2)12-17(14)25-6)26(23,24)19-8-11-21(16(3)22)10-7-9-20(4)5/h12-13,19H,7-11H2,1-6H3. The predicted molar refractivity (Wildman–Crippen MR) is 103 cm³/mol. The van der Waals surface area contributed by atoms with Gasteiger partial charge in [-0.15, -0.1) is 0 Å². The molecule has 7 nitrogen and oxygen atoms in total. The number of ether oxygens (including phenoxy) is 1. The number of sulfonamides is 1. The average molecular weight is 386 g/mol. The number of hydrogen-bond donors (Lipinski definition) is 1. The van der Waals surface area contributed by atoms with E-state index in [1.165, 1.54) is 6.92 Å². The van der Waals surface area contributed by atoms with Gasteiger partial charge >= 0.3 is 0 Å². The molecule has 0 heterocycles. The van der Waals surface area contributed by atoms with E-state index in [1.807, 2.05) is 14.1 Å². The average Bonchev–Trinajstić information content (AvgIpc) is 2.54. The van der Waals surface area contributed by atoms with Crippen molar-refractivity contribution < 1.29 is 17.9 Å². The number of methoxy groups -OCH3 is 1. The minimum atomic E-state index is -3.65. The fourth-order valence-corrected chi connectivity index (χ4v) is 4.00. The highest BCUT2D eigenvalue weighted by Crippen LogP contribution is 2.25. The lowest BCUT2D eigenvalue weighted by Gasteiger charge is -2.22. The van der Waals surface area contributed by atoms with Crippen molar-refractivity contribution in [3.63, 3.8) is 0 Å². The Morgan fingerprint density at radius 1 is 1.12 bits per heavy atom. The maximum atomic E-state index is 12.6. The summed E-state index contributed by atoms with van der Waals surface area (Å²) in [6.07, 6.45) is 0.843. The highest BCUT2D eigenvalue weighted by molar-refractivity contribution is 7.89. The van der Waals surface area contributed by atoms with Crippen molar-refractivity contribution >= 4 is 15.9 Å². The Morgan fingerprint density at radius 2 is 1.77 bits per heavy atom. The van der Waals surface area contributed by atoms with Crippen LogP contribution in [-0.2, 0) is 14.8 Å². The smallest absolute Gasteiger partial charge is 0.240 e. The van der Waals surface area contributed by atoms with E-state index >= 15 is 0 Å². The predicted octanol–water partition coefficient (Wildman–Crippen LogP) is 1.39. The number of rotatable bonds is 10. The van der Waals surface area contributed by atoms with Gasteiger partial charge in [0.15, 0.2) is 0 Å². The summed E-state index contributed by atoms with van der Waals surface area (Å²) >= 11 is 0. The Labute approximate surface area is 157 Å². The Balaban J connectivity index is 2.72. The first-order valence-corrected chi connectivity index (χ1v) is 10.1. The molecule has 1 aromatic carbocycles. The number of aryl methyl sites for hydroxylation is 2. The molecule has 0 unspecified atom stereocenters. The zero-order chi connectivity index (χ0) is 19.9. The molecule has 26 heavy (non-hydrogen) atoms. The molecular formula is C18H31N3O4S. The number of hydrogen-bond acceptors (Lipinski definition) is 5. The van der Waals surface area contributed by atoms with Gasteiger partial charge in [0, 0.05) is 26.6 Å². The van der Waals surface area contributed by atoms with Crippen LogP contribution in [0.1, 0.15) is 24.5 Å². The van der Waals surface area contributed by atoms with Gasteiger partial charge in [-0.1, -0.05) is 0 Å². The van der Waals surface area contributed by atoms with E-state index in [0.29, 0.717) is 24.4 Å². The van der Waals surface area contributed by atoms with Crippen LogP contribution in [0.15, 0.2) is 17.0 Å². The molecule has 0 fully saturated rings. The summed E-state index contributed by atoms with van der Waals surface area (Å²) in [5.41, 5.74) is 1.38. The molecule has 0 aromatic heterocycles. The molecule has 148 valence electrons. The second kappa shape index (κ2) is 9.89. The second-order valence-corrected chi connectivity index (χ2v) is 8.38. The van der Waals surface area contributed by atoms with Crippen LogP contribution in [0, 0.1) is 13.8 Å². The molecule has 0 atom stereocenters. The van der Waals surface area contributed by atoms with E-state index in [0.717, 1.165) is 18.5 Å². The molecule has 0 spiro atoms. The largest absolute Gasteiger partial charge is 0.496 e. The maximum absolute atomic E-state index is 12.6. The van der Waals surface area contributed by atoms with Crippen molar-refractivity contribution in [2.45, 2.75) is 32.1 Å². The Hall–Kier alpha value is -1.64. The lowest BCUT2D eigenvalue weighted by Crippen LogP contribution is -2.38. The van der Waals surface area contributed by atoms with Crippen molar-refractivity contribution in [3.8, 4) is 5.75 Å². The molecule has 0 saturated heterocycles. The molecule has 1 amide bonds. The number of carbonyl (C=O) groups excluding carboxylic acids is 1. The molecule has 0 bridgehead atoms. The van der Waals surface area contributed by atoms with Crippen LogP contribution in [0.5, 0.6) is 5.75 Å². The quantitative estimate of drug-likeness (QED) is 0.658. The van der Waals surface area contributed by atoms with Crippen molar-refractivity contribution in [2.24, 2.45) is 0 Å². The highest BCUT2D eigenvalue weighted by Gasteiger charge is 2.19. The van der Waals surface area contributed by atoms with E-state index in [1.54, 1.807) is 38.0 Å². The number of carbonyl (C=O) groups is 1. The number of benzene rings is 1. The van der Waals surface area contributed by atoms with Gasteiger partial charge in [-0.3, -0.25) is 4.79 Å². The first-order chi connectivity index (χ1) is 12.1. The van der Waals surface area contributed by atoms with Crippen LogP contribution in [-0.4, -0.2) is 71.5 Å². The van der Waals surface area contributed by atoms with Crippen molar-refractivity contribution in [2.75, 3.05) is 47.4 Å². The Morgan fingerprint density at radius 3 is 2.31 bits per heavy atom. The topological polar surface area (TPSA) is 79.0 Å². The molecule has 0 radical (unpaired) electrons. The molecule has 0 saturated carbocycles. The third-order valence-corrected chi connectivity index (χ3v) is 5.74. The fraction of sp³-hybridized carbons (Fsp3) is 0.611. The van der Waals surface area contributed by atoms with Crippen molar-refractivity contribution in [1.82, 2.24) is 14.5 Å². The molecule has 1 aromatic rings. The Kier molecular flexibility index (Phi) is 8.52. The Bertz CT molecular complexity index is 717. The summed E-state index contributed by atoms with van der Waals surface area (Å²) in [4.78, 5) is 15.7. The van der Waals surface area contributed by atoms with E-state index in [2.05, 4.69) is 9.62 Å². The molecule has 0 aliphatic heterocycles. The zero-order valence-electron chi connectivity index (χ0n) is 16.6. The summed E-state index contributed by atoms with van der Waals surface area (Å²) in [6, 6.07) is 3.32. The summed E-state index contributed by atoms with van der Waals surface area (Å²) < 4.78 is 33.0. The van der Waals surface area contributed by atoms with Crippen LogP contribution < -0.4 is 9.46 Å². The molecular weight excluding hydrogens is 354 g/mol. The molecule has 1 rings (SSSR count). The van der Waals surface area contributed by atoms with E-state index in [4.69, 9.17) is 4.74 Å². The van der Waals surface area contributed by atoms with Crippen LogP contribution in [0.3, 0.4) is 0 Å². The van der Waals surface area contributed by atoms with Gasteiger partial charge in [0.2, 0.25) is 15.9 Å². The maximum Gasteiger partial charge on any atom is 0.240 e. The molecule has 8 heteroatoms. The summed E-state index contributed by atoms with van der Waals surface area (Å²) in [6.45, 7) is 7.04. The van der Waals surface area contributed by atoms with Gasteiger partial charge in [0.05, 0.1) is 12.0 Å². The van der Waals surface area contributed by atoms with Crippen LogP contribution >= 0.6 is 0 Å². The third kappa shape index (κ3) is 6.59. The van der Waals surface area contributed by atoms with Gasteiger partial charge in [0.1, 0.15) is 5.75 Å². The van der Waals surface area contributed by atoms with E-state index < -0.39 is 10.0 Å². The molecule has 1 N–H and O–H groups in total. The van der Waals surface area contributed by atoms with Gasteiger partial charge in [-0.25, -0.2) is 13.1 Å². The number of nitrogens with one attached hydrogen (secondary N) is 1. The van der Waals surface area contributed by atoms with Gasteiger partial charge in [-0.2, -0.15) is 0 Å². The van der Waals surface area contributed by atoms with E-state index in [9.17, 15) is 13.2 Å². The number of amides is 1. The molecule has 0 aliphatic carbocycles. The van der Waals surface area contributed by atoms with Gasteiger partial charge in [0.25, 0.3) is 0 Å². The summed E-state index contributed by atoms with van der Waals surface area (Å²) in [7, 11) is 1.87.